The van der Waals surface area contributed by atoms with E-state index in [0.29, 0.717) is 19.6 Å². The average molecular weight is 330 g/mol. The molecular weight excluding hydrogens is 310 g/mol. The van der Waals surface area contributed by atoms with Crippen LogP contribution in [0.4, 0.5) is 0 Å². The maximum Gasteiger partial charge on any atom is 0.220 e. The number of hydrogen-bond acceptors (Lipinski definition) is 3. The number of aliphatic hydroxyl groups excluding tert-OH is 1. The van der Waals surface area contributed by atoms with Gasteiger partial charge in [-0.1, -0.05) is 15.9 Å². The van der Waals surface area contributed by atoms with Gasteiger partial charge in [-0.25, -0.2) is 0 Å². The Kier molecular flexibility index (Phi) is 7.52. The van der Waals surface area contributed by atoms with Crippen molar-refractivity contribution in [2.75, 3.05) is 13.2 Å². The molecule has 0 spiro atoms. The Hall–Kier alpha value is -1.07. The van der Waals surface area contributed by atoms with E-state index in [-0.39, 0.29) is 5.91 Å². The lowest BCUT2D eigenvalue weighted by atomic mass is 10.2. The van der Waals surface area contributed by atoms with Crippen molar-refractivity contribution in [2.45, 2.75) is 32.3 Å². The van der Waals surface area contributed by atoms with Crippen LogP contribution in [0.2, 0.25) is 0 Å². The summed E-state index contributed by atoms with van der Waals surface area (Å²) in [5, 5.41) is 11.7. The lowest BCUT2D eigenvalue weighted by molar-refractivity contribution is -0.121. The zero-order valence-corrected chi connectivity index (χ0v) is 12.6. The second-order valence-corrected chi connectivity index (χ2v) is 5.33. The normalized spacial score (nSPS) is 11.9. The maximum absolute atomic E-state index is 11.3. The number of ether oxygens (including phenoxy) is 1. The molecule has 1 amide bonds. The van der Waals surface area contributed by atoms with E-state index in [0.717, 1.165) is 23.1 Å². The molecule has 1 atom stereocenters. The first kappa shape index (κ1) is 16.0. The minimum atomic E-state index is -0.496. The van der Waals surface area contributed by atoms with Crippen molar-refractivity contribution in [1.29, 1.82) is 0 Å². The second-order valence-electron chi connectivity index (χ2n) is 4.41. The fourth-order valence-electron chi connectivity index (χ4n) is 1.46. The monoisotopic (exact) mass is 329 g/mol. The molecule has 1 unspecified atom stereocenters. The Morgan fingerprint density at radius 3 is 2.68 bits per heavy atom. The van der Waals surface area contributed by atoms with Crippen molar-refractivity contribution >= 4 is 21.8 Å². The van der Waals surface area contributed by atoms with Crippen LogP contribution in [0.5, 0.6) is 5.75 Å². The van der Waals surface area contributed by atoms with E-state index >= 15 is 0 Å². The van der Waals surface area contributed by atoms with Crippen molar-refractivity contribution in [1.82, 2.24) is 5.32 Å². The van der Waals surface area contributed by atoms with Gasteiger partial charge in [-0.2, -0.15) is 0 Å². The number of carbonyl (C=O) groups excluding carboxylic acids is 1. The van der Waals surface area contributed by atoms with Gasteiger partial charge in [0.05, 0.1) is 12.7 Å². The lowest BCUT2D eigenvalue weighted by Crippen LogP contribution is -2.30. The standard InChI is InChI=1S/C14H20BrNO3/c1-11(17)10-16-14(18)4-2-3-9-19-13-7-5-12(15)6-8-13/h5-8,11,17H,2-4,9-10H2,1H3,(H,16,18). The van der Waals surface area contributed by atoms with Crippen LogP contribution in [0, 0.1) is 0 Å². The van der Waals surface area contributed by atoms with Crippen LogP contribution in [-0.2, 0) is 4.79 Å². The SMILES string of the molecule is CC(O)CNC(=O)CCCCOc1ccc(Br)cc1. The van der Waals surface area contributed by atoms with Crippen molar-refractivity contribution in [2.24, 2.45) is 0 Å². The van der Waals surface area contributed by atoms with Crippen LogP contribution in [-0.4, -0.2) is 30.3 Å². The number of benzene rings is 1. The number of rotatable bonds is 8. The van der Waals surface area contributed by atoms with E-state index < -0.39 is 6.10 Å². The van der Waals surface area contributed by atoms with E-state index in [1.54, 1.807) is 6.92 Å². The average Bonchev–Trinajstić information content (AvgIpc) is 2.38. The van der Waals surface area contributed by atoms with Crippen LogP contribution in [0.25, 0.3) is 0 Å². The molecule has 0 saturated heterocycles. The molecule has 0 aromatic heterocycles. The number of amides is 1. The molecule has 1 aromatic rings. The minimum absolute atomic E-state index is 0.0236. The topological polar surface area (TPSA) is 58.6 Å². The van der Waals surface area contributed by atoms with Gasteiger partial charge in [0.15, 0.2) is 0 Å². The van der Waals surface area contributed by atoms with Gasteiger partial charge in [-0.3, -0.25) is 4.79 Å². The number of carbonyl (C=O) groups is 1. The second kappa shape index (κ2) is 8.93. The highest BCUT2D eigenvalue weighted by Gasteiger charge is 2.02. The molecule has 2 N–H and O–H groups in total. The predicted molar refractivity (Wildman–Crippen MR) is 78.2 cm³/mol. The van der Waals surface area contributed by atoms with E-state index in [2.05, 4.69) is 21.2 Å². The molecule has 0 aliphatic rings. The van der Waals surface area contributed by atoms with E-state index in [1.807, 2.05) is 24.3 Å². The maximum atomic E-state index is 11.3. The molecule has 1 rings (SSSR count). The molecule has 19 heavy (non-hydrogen) atoms. The Labute approximate surface area is 122 Å². The fourth-order valence-corrected chi connectivity index (χ4v) is 1.72. The third kappa shape index (κ3) is 7.85. The van der Waals surface area contributed by atoms with Crippen molar-refractivity contribution in [3.05, 3.63) is 28.7 Å². The van der Waals surface area contributed by atoms with Crippen LogP contribution in [0.1, 0.15) is 26.2 Å². The van der Waals surface area contributed by atoms with Crippen molar-refractivity contribution in [3.63, 3.8) is 0 Å². The van der Waals surface area contributed by atoms with Gasteiger partial charge in [0.25, 0.3) is 0 Å². The van der Waals surface area contributed by atoms with Gasteiger partial charge in [0.2, 0.25) is 5.91 Å². The fraction of sp³-hybridized carbons (Fsp3) is 0.500. The molecule has 4 nitrogen and oxygen atoms in total. The Morgan fingerprint density at radius 1 is 1.37 bits per heavy atom. The summed E-state index contributed by atoms with van der Waals surface area (Å²) in [6, 6.07) is 7.66. The number of aliphatic hydroxyl groups is 1. The summed E-state index contributed by atoms with van der Waals surface area (Å²) in [4.78, 5) is 11.3. The Bertz CT molecular complexity index is 379. The lowest BCUT2D eigenvalue weighted by Gasteiger charge is -2.08. The number of nitrogens with one attached hydrogen (secondary N) is 1. The molecule has 0 heterocycles. The highest BCUT2D eigenvalue weighted by Crippen LogP contribution is 2.16. The van der Waals surface area contributed by atoms with Gasteiger partial charge in [-0.05, 0) is 44.0 Å². The van der Waals surface area contributed by atoms with Gasteiger partial charge in [0.1, 0.15) is 5.75 Å². The molecule has 0 aliphatic heterocycles. The third-order valence-corrected chi connectivity index (χ3v) is 3.00. The molecule has 0 radical (unpaired) electrons. The predicted octanol–water partition coefficient (Wildman–Crippen LogP) is 2.50. The molecule has 0 bridgehead atoms. The minimum Gasteiger partial charge on any atom is -0.494 e. The van der Waals surface area contributed by atoms with E-state index in [4.69, 9.17) is 9.84 Å². The first-order valence-electron chi connectivity index (χ1n) is 6.41. The first-order chi connectivity index (χ1) is 9.08. The van der Waals surface area contributed by atoms with Gasteiger partial charge < -0.3 is 15.2 Å². The summed E-state index contributed by atoms with van der Waals surface area (Å²) in [6.07, 6.45) is 1.58. The molecule has 1 aromatic carbocycles. The van der Waals surface area contributed by atoms with Gasteiger partial charge >= 0.3 is 0 Å². The summed E-state index contributed by atoms with van der Waals surface area (Å²) in [5.74, 6) is 0.811. The smallest absolute Gasteiger partial charge is 0.220 e. The number of unbranched alkanes of at least 4 members (excludes halogenated alkanes) is 1. The van der Waals surface area contributed by atoms with Crippen LogP contribution >= 0.6 is 15.9 Å². The largest absolute Gasteiger partial charge is 0.494 e. The van der Waals surface area contributed by atoms with Crippen molar-refractivity contribution < 1.29 is 14.6 Å². The number of halogens is 1. The number of hydrogen-bond donors (Lipinski definition) is 2. The first-order valence-corrected chi connectivity index (χ1v) is 7.20. The zero-order chi connectivity index (χ0) is 14.1. The van der Waals surface area contributed by atoms with Crippen LogP contribution < -0.4 is 10.1 Å². The highest BCUT2D eigenvalue weighted by molar-refractivity contribution is 9.10. The molecular formula is C14H20BrNO3. The van der Waals surface area contributed by atoms with Crippen LogP contribution in [0.3, 0.4) is 0 Å². The Morgan fingerprint density at radius 2 is 2.05 bits per heavy atom. The molecule has 106 valence electrons. The van der Waals surface area contributed by atoms with E-state index in [9.17, 15) is 4.79 Å². The summed E-state index contributed by atoms with van der Waals surface area (Å²) < 4.78 is 6.57. The summed E-state index contributed by atoms with van der Waals surface area (Å²) >= 11 is 3.36. The van der Waals surface area contributed by atoms with Crippen LogP contribution in [0.15, 0.2) is 28.7 Å². The summed E-state index contributed by atoms with van der Waals surface area (Å²) in [6.45, 7) is 2.56. The van der Waals surface area contributed by atoms with Gasteiger partial charge in [-0.15, -0.1) is 0 Å². The summed E-state index contributed by atoms with van der Waals surface area (Å²) in [5.41, 5.74) is 0. The highest BCUT2D eigenvalue weighted by atomic mass is 79.9. The Balaban J connectivity index is 2.05. The molecule has 5 heteroatoms. The summed E-state index contributed by atoms with van der Waals surface area (Å²) in [7, 11) is 0. The molecule has 0 fully saturated rings. The van der Waals surface area contributed by atoms with Gasteiger partial charge in [0, 0.05) is 17.4 Å². The zero-order valence-electron chi connectivity index (χ0n) is 11.1. The molecule has 0 saturated carbocycles. The van der Waals surface area contributed by atoms with Crippen molar-refractivity contribution in [3.8, 4) is 5.75 Å². The quantitative estimate of drug-likeness (QED) is 0.720. The molecule has 0 aliphatic carbocycles. The van der Waals surface area contributed by atoms with E-state index in [1.165, 1.54) is 0 Å². The third-order valence-electron chi connectivity index (χ3n) is 2.48.